The van der Waals surface area contributed by atoms with Gasteiger partial charge in [0.05, 0.1) is 28.1 Å². The Morgan fingerprint density at radius 3 is 2.47 bits per heavy atom. The normalized spacial score (nSPS) is 16.0. The molecule has 13 heteroatoms. The number of hydrogen-bond acceptors (Lipinski definition) is 7. The second-order valence-electron chi connectivity index (χ2n) is 6.60. The minimum Gasteiger partial charge on any atom is -0.345 e. The van der Waals surface area contributed by atoms with Gasteiger partial charge in [-0.2, -0.15) is 13.2 Å². The molecule has 32 heavy (non-hydrogen) atoms. The number of rotatable bonds is 5. The number of pyridine rings is 1. The molecule has 9 nitrogen and oxygen atoms in total. The summed E-state index contributed by atoms with van der Waals surface area (Å²) in [6.07, 6.45) is 1.28. The van der Waals surface area contributed by atoms with Crippen molar-refractivity contribution in [1.29, 1.82) is 0 Å². The second kappa shape index (κ2) is 9.22. The number of carbonyl (C=O) groups excluding carboxylic acids is 2. The standard InChI is InChI=1S/C19H14ClF3N6O3/c1-9-12(3-5-15(26-9)19(21,22)23)18(31)27-11-2-4-14(20)13(6-11)16-24-7-10(8-25-16)17(30)28-29-32/h3-8,11H,2H2,1H3,(H,27,31)(H,28,30,32). The molecule has 2 aromatic heterocycles. The number of carbonyl (C=O) groups is 2. The van der Waals surface area contributed by atoms with E-state index in [1.165, 1.54) is 19.3 Å². The average molecular weight is 467 g/mol. The van der Waals surface area contributed by atoms with Crippen LogP contribution < -0.4 is 10.7 Å². The number of amides is 2. The quantitative estimate of drug-likeness (QED) is 0.514. The fraction of sp³-hybridized carbons (Fsp3) is 0.211. The molecule has 2 amide bonds. The largest absolute Gasteiger partial charge is 0.433 e. The molecular formula is C19H14ClF3N6O3. The van der Waals surface area contributed by atoms with E-state index in [0.717, 1.165) is 12.1 Å². The smallest absolute Gasteiger partial charge is 0.345 e. The lowest BCUT2D eigenvalue weighted by Crippen LogP contribution is -2.35. The monoisotopic (exact) mass is 466 g/mol. The van der Waals surface area contributed by atoms with Gasteiger partial charge < -0.3 is 5.32 Å². The Kier molecular flexibility index (Phi) is 6.63. The Bertz CT molecular complexity index is 1130. The predicted octanol–water partition coefficient (Wildman–Crippen LogP) is 3.32. The van der Waals surface area contributed by atoms with Crippen LogP contribution in [-0.4, -0.2) is 32.8 Å². The number of aryl methyl sites for hydroxylation is 1. The molecule has 2 heterocycles. The lowest BCUT2D eigenvalue weighted by Gasteiger charge is -2.20. The van der Waals surface area contributed by atoms with Crippen LogP contribution in [0.5, 0.6) is 0 Å². The average Bonchev–Trinajstić information content (AvgIpc) is 2.74. The molecular weight excluding hydrogens is 453 g/mol. The van der Waals surface area contributed by atoms with Crippen molar-refractivity contribution in [2.45, 2.75) is 25.6 Å². The van der Waals surface area contributed by atoms with E-state index in [4.69, 9.17) is 11.6 Å². The third-order valence-corrected chi connectivity index (χ3v) is 4.77. The summed E-state index contributed by atoms with van der Waals surface area (Å²) in [6.45, 7) is 1.31. The predicted molar refractivity (Wildman–Crippen MR) is 107 cm³/mol. The maximum absolute atomic E-state index is 12.8. The first-order valence-corrected chi connectivity index (χ1v) is 9.36. The van der Waals surface area contributed by atoms with Gasteiger partial charge in [-0.15, -0.1) is 4.91 Å². The Hall–Kier alpha value is -3.67. The van der Waals surface area contributed by atoms with Crippen LogP contribution in [-0.2, 0) is 6.18 Å². The summed E-state index contributed by atoms with van der Waals surface area (Å²) in [7, 11) is 0. The highest BCUT2D eigenvalue weighted by Crippen LogP contribution is 2.30. The van der Waals surface area contributed by atoms with Crippen molar-refractivity contribution in [2.75, 3.05) is 0 Å². The zero-order valence-electron chi connectivity index (χ0n) is 16.3. The highest BCUT2D eigenvalue weighted by molar-refractivity contribution is 6.37. The molecule has 0 saturated carbocycles. The summed E-state index contributed by atoms with van der Waals surface area (Å²) in [6, 6.07) is 1.26. The molecule has 3 rings (SSSR count). The fourth-order valence-corrected chi connectivity index (χ4v) is 3.10. The van der Waals surface area contributed by atoms with Crippen molar-refractivity contribution in [3.63, 3.8) is 0 Å². The third kappa shape index (κ3) is 5.14. The van der Waals surface area contributed by atoms with Crippen LogP contribution in [0.2, 0.25) is 0 Å². The Balaban J connectivity index is 1.78. The molecule has 0 radical (unpaired) electrons. The number of allylic oxidation sites excluding steroid dienone is 2. The number of nitroso groups, excluding NO2 is 1. The molecule has 0 bridgehead atoms. The van der Waals surface area contributed by atoms with Crippen molar-refractivity contribution in [1.82, 2.24) is 25.7 Å². The molecule has 166 valence electrons. The van der Waals surface area contributed by atoms with Gasteiger partial charge in [-0.25, -0.2) is 20.4 Å². The van der Waals surface area contributed by atoms with Crippen LogP contribution in [0.25, 0.3) is 5.57 Å². The van der Waals surface area contributed by atoms with Crippen molar-refractivity contribution in [2.24, 2.45) is 5.29 Å². The van der Waals surface area contributed by atoms with Crippen molar-refractivity contribution in [3.8, 4) is 0 Å². The highest BCUT2D eigenvalue weighted by atomic mass is 35.5. The van der Waals surface area contributed by atoms with Gasteiger partial charge in [0.1, 0.15) is 5.69 Å². The number of nitrogens with one attached hydrogen (secondary N) is 2. The fourth-order valence-electron chi connectivity index (χ4n) is 2.87. The Morgan fingerprint density at radius 2 is 1.88 bits per heavy atom. The van der Waals surface area contributed by atoms with Crippen molar-refractivity contribution >= 4 is 29.0 Å². The summed E-state index contributed by atoms with van der Waals surface area (Å²) < 4.78 is 38.3. The summed E-state index contributed by atoms with van der Waals surface area (Å²) in [5.41, 5.74) is 0.952. The molecule has 1 unspecified atom stereocenters. The summed E-state index contributed by atoms with van der Waals surface area (Å²) >= 11 is 6.22. The zero-order chi connectivity index (χ0) is 23.5. The lowest BCUT2D eigenvalue weighted by molar-refractivity contribution is -0.141. The first-order chi connectivity index (χ1) is 15.1. The topological polar surface area (TPSA) is 126 Å². The van der Waals surface area contributed by atoms with E-state index in [9.17, 15) is 27.7 Å². The van der Waals surface area contributed by atoms with Gasteiger partial charge in [-0.3, -0.25) is 9.59 Å². The molecule has 1 atom stereocenters. The van der Waals surface area contributed by atoms with Crippen LogP contribution in [0.15, 0.2) is 47.0 Å². The third-order valence-electron chi connectivity index (χ3n) is 4.42. The summed E-state index contributed by atoms with van der Waals surface area (Å²) in [5, 5.41) is 5.28. The van der Waals surface area contributed by atoms with E-state index in [0.29, 0.717) is 17.0 Å². The first-order valence-electron chi connectivity index (χ1n) is 8.99. The minimum atomic E-state index is -4.61. The molecule has 1 aliphatic carbocycles. The lowest BCUT2D eigenvalue weighted by atomic mass is 10.0. The number of hydrogen-bond donors (Lipinski definition) is 2. The van der Waals surface area contributed by atoms with Gasteiger partial charge in [0.25, 0.3) is 11.8 Å². The maximum atomic E-state index is 12.8. The number of nitrogens with zero attached hydrogens (tertiary/aromatic N) is 4. The number of halogens is 4. The summed E-state index contributed by atoms with van der Waals surface area (Å²) in [4.78, 5) is 45.8. The van der Waals surface area contributed by atoms with E-state index in [2.05, 4.69) is 25.6 Å². The summed E-state index contributed by atoms with van der Waals surface area (Å²) in [5.74, 6) is -1.23. The van der Waals surface area contributed by atoms with Gasteiger partial charge in [-0.1, -0.05) is 17.7 Å². The molecule has 0 spiro atoms. The van der Waals surface area contributed by atoms with E-state index >= 15 is 0 Å². The van der Waals surface area contributed by atoms with E-state index in [-0.39, 0.29) is 22.6 Å². The van der Waals surface area contributed by atoms with Crippen molar-refractivity contribution < 1.29 is 22.8 Å². The molecule has 0 saturated heterocycles. The Morgan fingerprint density at radius 1 is 1.19 bits per heavy atom. The van der Waals surface area contributed by atoms with Gasteiger partial charge in [0, 0.05) is 23.0 Å². The molecule has 2 N–H and O–H groups in total. The highest BCUT2D eigenvalue weighted by Gasteiger charge is 2.33. The van der Waals surface area contributed by atoms with Crippen LogP contribution in [0.1, 0.15) is 44.3 Å². The van der Waals surface area contributed by atoms with Crippen LogP contribution >= 0.6 is 11.6 Å². The Labute approximate surface area is 183 Å². The van der Waals surface area contributed by atoms with Gasteiger partial charge in [-0.05, 0) is 31.6 Å². The van der Waals surface area contributed by atoms with Crippen molar-refractivity contribution in [3.05, 3.63) is 75.0 Å². The molecule has 2 aromatic rings. The zero-order valence-corrected chi connectivity index (χ0v) is 17.0. The van der Waals surface area contributed by atoms with E-state index in [1.54, 1.807) is 17.6 Å². The van der Waals surface area contributed by atoms with Gasteiger partial charge in [0.2, 0.25) is 0 Å². The number of aromatic nitrogens is 3. The van der Waals surface area contributed by atoms with Crippen LogP contribution in [0, 0.1) is 11.8 Å². The molecule has 0 aliphatic heterocycles. The van der Waals surface area contributed by atoms with E-state index in [1.807, 2.05) is 0 Å². The maximum Gasteiger partial charge on any atom is 0.433 e. The molecule has 0 fully saturated rings. The second-order valence-corrected chi connectivity index (χ2v) is 7.01. The number of alkyl halides is 3. The van der Waals surface area contributed by atoms with Crippen LogP contribution in [0.3, 0.4) is 0 Å². The molecule has 0 aromatic carbocycles. The van der Waals surface area contributed by atoms with Gasteiger partial charge >= 0.3 is 6.18 Å². The minimum absolute atomic E-state index is 0.00000633. The molecule has 1 aliphatic rings. The van der Waals surface area contributed by atoms with Gasteiger partial charge in [0.15, 0.2) is 5.82 Å². The van der Waals surface area contributed by atoms with Crippen LogP contribution in [0.4, 0.5) is 13.2 Å². The first kappa shape index (κ1) is 23.0. The van der Waals surface area contributed by atoms with E-state index < -0.39 is 29.7 Å². The SMILES string of the molecule is Cc1nc(C(F)(F)F)ccc1C(=O)NC1C=C(c2ncc(C(=O)NN=O)cn2)C(Cl)=CC1.